The average Bonchev–Trinajstić information content (AvgIpc) is 2.61. The summed E-state index contributed by atoms with van der Waals surface area (Å²) in [7, 11) is -2.02. The first-order valence-corrected chi connectivity index (χ1v) is 7.68. The molecule has 1 aromatic heterocycles. The van der Waals surface area contributed by atoms with Crippen LogP contribution >= 0.6 is 0 Å². The van der Waals surface area contributed by atoms with Crippen LogP contribution in [0.4, 0.5) is 5.82 Å². The molecule has 7 nitrogen and oxygen atoms in total. The Morgan fingerprint density at radius 1 is 1.32 bits per heavy atom. The minimum absolute atomic E-state index is 0.215. The molecule has 1 aliphatic heterocycles. The fourth-order valence-corrected chi connectivity index (χ4v) is 3.46. The number of nitrogens with one attached hydrogen (secondary N) is 1. The Kier molecular flexibility index (Phi) is 4.07. The van der Waals surface area contributed by atoms with Crippen LogP contribution in [0.3, 0.4) is 0 Å². The number of nitrogens with zero attached hydrogens (tertiary/aromatic N) is 4. The number of hydrogen-bond acceptors (Lipinski definition) is 4. The maximum atomic E-state index is 12.3. The normalized spacial score (nSPS) is 17.7. The molecule has 1 aliphatic rings. The van der Waals surface area contributed by atoms with E-state index < -0.39 is 10.2 Å². The molecule has 1 fully saturated rings. The maximum Gasteiger partial charge on any atom is 0.302 e. The summed E-state index contributed by atoms with van der Waals surface area (Å²) in [5.41, 5.74) is 0.223. The van der Waals surface area contributed by atoms with Gasteiger partial charge in [-0.25, -0.2) is 0 Å². The van der Waals surface area contributed by atoms with E-state index in [1.165, 1.54) is 15.2 Å². The summed E-state index contributed by atoms with van der Waals surface area (Å²) in [6, 6.07) is 1.93. The number of aromatic nitrogens is 2. The molecule has 0 spiro atoms. The maximum absolute atomic E-state index is 12.3. The van der Waals surface area contributed by atoms with Crippen LogP contribution in [0.15, 0.2) is 6.20 Å². The first-order chi connectivity index (χ1) is 9.04. The van der Waals surface area contributed by atoms with Crippen LogP contribution in [0.5, 0.6) is 0 Å². The number of aryl methyl sites for hydroxylation is 1. The fraction of sp³-hybridized carbons (Fsp3) is 0.636. The van der Waals surface area contributed by atoms with Gasteiger partial charge in [-0.1, -0.05) is 12.8 Å². The number of nitriles is 1. The molecular formula is C11H17N5O2S. The average molecular weight is 283 g/mol. The molecule has 0 aliphatic carbocycles. The summed E-state index contributed by atoms with van der Waals surface area (Å²) in [5, 5.41) is 12.8. The van der Waals surface area contributed by atoms with Crippen LogP contribution in [-0.4, -0.2) is 35.6 Å². The van der Waals surface area contributed by atoms with Crippen molar-refractivity contribution in [2.75, 3.05) is 17.8 Å². The van der Waals surface area contributed by atoms with E-state index in [0.29, 0.717) is 13.1 Å². The van der Waals surface area contributed by atoms with E-state index in [1.807, 2.05) is 6.07 Å². The van der Waals surface area contributed by atoms with Crippen LogP contribution < -0.4 is 4.72 Å². The Morgan fingerprint density at radius 2 is 1.95 bits per heavy atom. The number of anilines is 1. The lowest BCUT2D eigenvalue weighted by atomic mass is 10.2. The zero-order valence-corrected chi connectivity index (χ0v) is 11.7. The van der Waals surface area contributed by atoms with Gasteiger partial charge in [0.1, 0.15) is 11.6 Å². The second kappa shape index (κ2) is 5.59. The topological polar surface area (TPSA) is 91.0 Å². The summed E-state index contributed by atoms with van der Waals surface area (Å²) in [6.07, 6.45) is 5.21. The lowest BCUT2D eigenvalue weighted by Gasteiger charge is -2.20. The number of hydrogen-bond donors (Lipinski definition) is 1. The van der Waals surface area contributed by atoms with Crippen molar-refractivity contribution in [2.45, 2.75) is 25.7 Å². The quantitative estimate of drug-likeness (QED) is 0.889. The van der Waals surface area contributed by atoms with Crippen LogP contribution in [-0.2, 0) is 17.3 Å². The van der Waals surface area contributed by atoms with Crippen molar-refractivity contribution in [3.63, 3.8) is 0 Å². The van der Waals surface area contributed by atoms with Gasteiger partial charge in [0.15, 0.2) is 5.82 Å². The fourth-order valence-electron chi connectivity index (χ4n) is 2.11. The molecule has 0 aromatic carbocycles. The summed E-state index contributed by atoms with van der Waals surface area (Å²) in [5.74, 6) is 0.215. The standard InChI is InChI=1S/C11H17N5O2S/c1-15-11(10(8-12)9-13-15)14-19(17,18)16-6-4-2-3-5-7-16/h9,14H,2-7H2,1H3. The van der Waals surface area contributed by atoms with Gasteiger partial charge >= 0.3 is 10.2 Å². The highest BCUT2D eigenvalue weighted by atomic mass is 32.2. The largest absolute Gasteiger partial charge is 0.302 e. The SMILES string of the molecule is Cn1ncc(C#N)c1NS(=O)(=O)N1CCCCCC1. The van der Waals surface area contributed by atoms with Crippen molar-refractivity contribution in [3.05, 3.63) is 11.8 Å². The van der Waals surface area contributed by atoms with Gasteiger partial charge in [0.05, 0.1) is 6.20 Å². The first-order valence-electron chi connectivity index (χ1n) is 6.24. The van der Waals surface area contributed by atoms with Crippen molar-refractivity contribution in [2.24, 2.45) is 7.05 Å². The monoisotopic (exact) mass is 283 g/mol. The summed E-state index contributed by atoms with van der Waals surface area (Å²) < 4.78 is 29.8. The van der Waals surface area contributed by atoms with Gasteiger partial charge < -0.3 is 0 Å². The van der Waals surface area contributed by atoms with E-state index in [2.05, 4.69) is 9.82 Å². The molecular weight excluding hydrogens is 266 g/mol. The summed E-state index contributed by atoms with van der Waals surface area (Å²) >= 11 is 0. The van der Waals surface area contributed by atoms with Gasteiger partial charge in [0.2, 0.25) is 0 Å². The molecule has 0 bridgehead atoms. The predicted molar refractivity (Wildman–Crippen MR) is 70.5 cm³/mol. The Balaban J connectivity index is 2.21. The molecule has 1 aromatic rings. The third-order valence-electron chi connectivity index (χ3n) is 3.19. The van der Waals surface area contributed by atoms with Crippen molar-refractivity contribution < 1.29 is 8.42 Å². The summed E-state index contributed by atoms with van der Waals surface area (Å²) in [4.78, 5) is 0. The molecule has 1 N–H and O–H groups in total. The molecule has 2 rings (SSSR count). The molecule has 0 unspecified atom stereocenters. The highest BCUT2D eigenvalue weighted by Crippen LogP contribution is 2.18. The second-order valence-electron chi connectivity index (χ2n) is 4.56. The van der Waals surface area contributed by atoms with Crippen LogP contribution in [0.2, 0.25) is 0 Å². The molecule has 0 atom stereocenters. The smallest absolute Gasteiger partial charge is 0.254 e. The van der Waals surface area contributed by atoms with Gasteiger partial charge in [-0.2, -0.15) is 23.1 Å². The highest BCUT2D eigenvalue weighted by molar-refractivity contribution is 7.90. The van der Waals surface area contributed by atoms with E-state index in [1.54, 1.807) is 7.05 Å². The van der Waals surface area contributed by atoms with E-state index in [9.17, 15) is 8.42 Å². The first kappa shape index (κ1) is 13.8. The molecule has 8 heteroatoms. The van der Waals surface area contributed by atoms with Gasteiger partial charge in [-0.15, -0.1) is 0 Å². The van der Waals surface area contributed by atoms with Crippen LogP contribution in [0.1, 0.15) is 31.2 Å². The van der Waals surface area contributed by atoms with Crippen molar-refractivity contribution in [1.82, 2.24) is 14.1 Å². The Hall–Kier alpha value is -1.59. The molecule has 1 saturated heterocycles. The Morgan fingerprint density at radius 3 is 2.53 bits per heavy atom. The third kappa shape index (κ3) is 3.05. The van der Waals surface area contributed by atoms with Crippen LogP contribution in [0, 0.1) is 11.3 Å². The molecule has 0 saturated carbocycles. The summed E-state index contributed by atoms with van der Waals surface area (Å²) in [6.45, 7) is 1.05. The van der Waals surface area contributed by atoms with Gasteiger partial charge in [-0.05, 0) is 12.8 Å². The zero-order valence-electron chi connectivity index (χ0n) is 10.8. The third-order valence-corrected chi connectivity index (χ3v) is 4.69. The van der Waals surface area contributed by atoms with E-state index >= 15 is 0 Å². The highest BCUT2D eigenvalue weighted by Gasteiger charge is 2.25. The van der Waals surface area contributed by atoms with Crippen molar-refractivity contribution in [3.8, 4) is 6.07 Å². The Labute approximate surface area is 113 Å². The molecule has 2 heterocycles. The lowest BCUT2D eigenvalue weighted by Crippen LogP contribution is -2.37. The van der Waals surface area contributed by atoms with Crippen molar-refractivity contribution in [1.29, 1.82) is 5.26 Å². The minimum atomic E-state index is -3.61. The predicted octanol–water partition coefficient (Wildman–Crippen LogP) is 0.824. The minimum Gasteiger partial charge on any atom is -0.254 e. The molecule has 0 amide bonds. The zero-order chi connectivity index (χ0) is 13.9. The van der Waals surface area contributed by atoms with Gasteiger partial charge in [0.25, 0.3) is 0 Å². The van der Waals surface area contributed by atoms with E-state index in [-0.39, 0.29) is 11.4 Å². The molecule has 104 valence electrons. The molecule has 0 radical (unpaired) electrons. The molecule has 19 heavy (non-hydrogen) atoms. The van der Waals surface area contributed by atoms with Gasteiger partial charge in [-0.3, -0.25) is 9.40 Å². The van der Waals surface area contributed by atoms with E-state index in [4.69, 9.17) is 5.26 Å². The second-order valence-corrected chi connectivity index (χ2v) is 6.23. The van der Waals surface area contributed by atoms with Crippen LogP contribution in [0.25, 0.3) is 0 Å². The van der Waals surface area contributed by atoms with E-state index in [0.717, 1.165) is 25.7 Å². The Bertz CT molecular complexity index is 579. The lowest BCUT2D eigenvalue weighted by molar-refractivity contribution is 0.427. The van der Waals surface area contributed by atoms with Crippen molar-refractivity contribution >= 4 is 16.0 Å². The van der Waals surface area contributed by atoms with Gasteiger partial charge in [0, 0.05) is 20.1 Å². The number of rotatable bonds is 3.